The molecule has 0 fully saturated rings. The third-order valence-corrected chi connectivity index (χ3v) is 23.8. The zero-order valence-corrected chi connectivity index (χ0v) is 58.7. The van der Waals surface area contributed by atoms with Crippen molar-refractivity contribution in [2.75, 3.05) is 9.80 Å². The molecule has 106 heavy (non-hydrogen) atoms. The molecule has 0 radical (unpaired) electrons. The average molecular weight is 1350 g/mol. The third-order valence-electron chi connectivity index (χ3n) is 23.8. The lowest BCUT2D eigenvalue weighted by Gasteiger charge is -2.34. The van der Waals surface area contributed by atoms with E-state index in [1.807, 2.05) is 0 Å². The summed E-state index contributed by atoms with van der Waals surface area (Å²) in [6, 6.07) is 146. The van der Waals surface area contributed by atoms with E-state index >= 15 is 0 Å². The molecule has 17 aromatic rings. The second kappa shape index (κ2) is 24.8. The van der Waals surface area contributed by atoms with Crippen LogP contribution >= 0.6 is 0 Å². The molecular formula is C104H72N2. The first kappa shape index (κ1) is 61.5. The Morgan fingerprint density at radius 2 is 0.481 bits per heavy atom. The molecule has 0 amide bonds. The summed E-state index contributed by atoms with van der Waals surface area (Å²) < 4.78 is 0. The standard InChI is InChI=1S/C104H72N2/c1-5-22-77(23-6-1)103(78-24-7-2-8-25-78)99-38-19-17-36-93(99)95-62-48-73(66-101(95)103)69-40-52-81(53-41-69)105(83-56-44-71(45-57-83)97-64-75-50-60-87(75)89-32-13-15-34-91(89)97)85-30-21-31-86(68-85)106(84-58-46-72(47-59-84)98-65-76-51-61-88(76)90-33-14-16-35-92(90)98)82-54-42-70(43-55-82)74-49-63-96-94-37-18-20-39-100(94)104(102(96)67-74,79-26-9-3-10-27-79)80-28-11-4-12-29-80/h1-49,52-59,62-68H,50-51,60-61H2. The normalized spacial score (nSPS) is 13.7. The Labute approximate surface area is 619 Å². The van der Waals surface area contributed by atoms with Crippen molar-refractivity contribution in [1.82, 2.24) is 0 Å². The molecule has 0 aromatic heterocycles. The van der Waals surface area contributed by atoms with Gasteiger partial charge in [-0.05, 0) is 260 Å². The average Bonchev–Trinajstić information content (AvgIpc) is 1.61. The number of aryl methyl sites for hydroxylation is 4. The fourth-order valence-electron chi connectivity index (χ4n) is 18.8. The fraction of sp³-hybridized carbons (Fsp3) is 0.0577. The molecule has 0 N–H and O–H groups in total. The van der Waals surface area contributed by atoms with Crippen LogP contribution in [0.25, 0.3) is 88.3 Å². The molecule has 0 spiro atoms. The second-order valence-electron chi connectivity index (χ2n) is 29.2. The highest BCUT2D eigenvalue weighted by atomic mass is 15.2. The van der Waals surface area contributed by atoms with Crippen LogP contribution in [0.3, 0.4) is 0 Å². The van der Waals surface area contributed by atoms with Crippen LogP contribution < -0.4 is 9.80 Å². The van der Waals surface area contributed by atoms with Crippen molar-refractivity contribution in [3.8, 4) is 66.8 Å². The van der Waals surface area contributed by atoms with Gasteiger partial charge in [0, 0.05) is 34.1 Å². The van der Waals surface area contributed by atoms with Gasteiger partial charge in [0.1, 0.15) is 0 Å². The number of fused-ring (bicyclic) bond motifs is 12. The topological polar surface area (TPSA) is 6.48 Å². The quantitative estimate of drug-likeness (QED) is 0.107. The number of rotatable bonds is 14. The SMILES string of the molecule is c1ccc(C2(c3ccccc3)c3ccccc3-c3ccc(-c4ccc(N(c5ccc(-c6cc7c(c8ccccc68)CC7)cc5)c5cccc(N(c6ccc(-c7ccc8c(c7)C(c7ccccc7)(c7ccccc7)c7ccccc7-8)cc6)c6ccc(-c7cc8c(c9ccccc79)CC8)cc6)c5)cc4)cc32)cc1. The maximum atomic E-state index is 2.47. The van der Waals surface area contributed by atoms with E-state index in [0.29, 0.717) is 0 Å². The first-order chi connectivity index (χ1) is 52.5. The van der Waals surface area contributed by atoms with Crippen molar-refractivity contribution in [3.05, 3.63) is 455 Å². The smallest absolute Gasteiger partial charge is 0.0713 e. The van der Waals surface area contributed by atoms with Crippen molar-refractivity contribution in [3.63, 3.8) is 0 Å². The summed E-state index contributed by atoms with van der Waals surface area (Å²) >= 11 is 0. The van der Waals surface area contributed by atoms with Crippen LogP contribution in [0.1, 0.15) is 66.8 Å². The molecule has 498 valence electrons. The van der Waals surface area contributed by atoms with Gasteiger partial charge in [-0.15, -0.1) is 0 Å². The Kier molecular flexibility index (Phi) is 14.4. The monoisotopic (exact) mass is 1350 g/mol. The van der Waals surface area contributed by atoms with Crippen LogP contribution in [-0.2, 0) is 36.5 Å². The Balaban J connectivity index is 0.700. The summed E-state index contributed by atoms with van der Waals surface area (Å²) in [5, 5.41) is 5.38. The molecule has 4 aliphatic rings. The van der Waals surface area contributed by atoms with Gasteiger partial charge in [-0.25, -0.2) is 0 Å². The molecule has 0 saturated heterocycles. The number of anilines is 6. The first-order valence-corrected chi connectivity index (χ1v) is 37.4. The lowest BCUT2D eigenvalue weighted by atomic mass is 9.67. The second-order valence-corrected chi connectivity index (χ2v) is 29.2. The molecule has 17 aromatic carbocycles. The summed E-state index contributed by atoms with van der Waals surface area (Å²) in [7, 11) is 0. The van der Waals surface area contributed by atoms with Gasteiger partial charge in [-0.1, -0.05) is 309 Å². The van der Waals surface area contributed by atoms with Crippen molar-refractivity contribution in [1.29, 1.82) is 0 Å². The molecule has 4 aliphatic carbocycles. The van der Waals surface area contributed by atoms with Crippen LogP contribution in [0, 0.1) is 0 Å². The molecular weight excluding hydrogens is 1280 g/mol. The third kappa shape index (κ3) is 9.57. The van der Waals surface area contributed by atoms with E-state index < -0.39 is 10.8 Å². The summed E-state index contributed by atoms with van der Waals surface area (Å²) in [5.41, 5.74) is 36.3. The molecule has 2 nitrogen and oxygen atoms in total. The van der Waals surface area contributed by atoms with Crippen LogP contribution in [0.4, 0.5) is 34.1 Å². The summed E-state index contributed by atoms with van der Waals surface area (Å²) in [5.74, 6) is 0. The Morgan fingerprint density at radius 3 is 0.830 bits per heavy atom. The van der Waals surface area contributed by atoms with Crippen LogP contribution in [0.2, 0.25) is 0 Å². The van der Waals surface area contributed by atoms with Crippen LogP contribution in [0.15, 0.2) is 388 Å². The highest BCUT2D eigenvalue weighted by molar-refractivity contribution is 6.03. The van der Waals surface area contributed by atoms with E-state index in [1.165, 1.54) is 144 Å². The lowest BCUT2D eigenvalue weighted by molar-refractivity contribution is 0.769. The summed E-state index contributed by atoms with van der Waals surface area (Å²) in [6.07, 6.45) is 4.53. The molecule has 0 heterocycles. The van der Waals surface area contributed by atoms with Gasteiger partial charge >= 0.3 is 0 Å². The number of hydrogen-bond acceptors (Lipinski definition) is 2. The maximum absolute atomic E-state index is 2.47. The number of benzene rings is 17. The van der Waals surface area contributed by atoms with E-state index in [-0.39, 0.29) is 0 Å². The molecule has 2 heteroatoms. The van der Waals surface area contributed by atoms with Gasteiger partial charge in [0.05, 0.1) is 10.8 Å². The zero-order valence-electron chi connectivity index (χ0n) is 58.7. The van der Waals surface area contributed by atoms with Gasteiger partial charge in [0.2, 0.25) is 0 Å². The minimum atomic E-state index is -0.504. The first-order valence-electron chi connectivity index (χ1n) is 37.4. The predicted molar refractivity (Wildman–Crippen MR) is 442 cm³/mol. The molecule has 0 unspecified atom stereocenters. The Bertz CT molecular complexity index is 5820. The summed E-state index contributed by atoms with van der Waals surface area (Å²) in [6.45, 7) is 0. The maximum Gasteiger partial charge on any atom is 0.0713 e. The highest BCUT2D eigenvalue weighted by Crippen LogP contribution is 2.59. The van der Waals surface area contributed by atoms with E-state index in [0.717, 1.165) is 70.9 Å². The highest BCUT2D eigenvalue weighted by Gasteiger charge is 2.48. The van der Waals surface area contributed by atoms with E-state index in [1.54, 1.807) is 0 Å². The van der Waals surface area contributed by atoms with Gasteiger partial charge < -0.3 is 9.80 Å². The van der Waals surface area contributed by atoms with E-state index in [4.69, 9.17) is 0 Å². The molecule has 21 rings (SSSR count). The van der Waals surface area contributed by atoms with E-state index in [2.05, 4.69) is 398 Å². The Hall–Kier alpha value is -13.1. The molecule has 0 aliphatic heterocycles. The molecule has 0 bridgehead atoms. The lowest BCUT2D eigenvalue weighted by Crippen LogP contribution is -2.28. The van der Waals surface area contributed by atoms with Gasteiger partial charge in [-0.3, -0.25) is 0 Å². The largest absolute Gasteiger partial charge is 0.310 e. The van der Waals surface area contributed by atoms with Gasteiger partial charge in [0.25, 0.3) is 0 Å². The van der Waals surface area contributed by atoms with Crippen molar-refractivity contribution in [2.45, 2.75) is 36.5 Å². The minimum absolute atomic E-state index is 0.504. The van der Waals surface area contributed by atoms with Crippen molar-refractivity contribution in [2.24, 2.45) is 0 Å². The van der Waals surface area contributed by atoms with Gasteiger partial charge in [0.15, 0.2) is 0 Å². The van der Waals surface area contributed by atoms with Crippen molar-refractivity contribution < 1.29 is 0 Å². The van der Waals surface area contributed by atoms with Crippen LogP contribution in [-0.4, -0.2) is 0 Å². The Morgan fingerprint density at radius 1 is 0.179 bits per heavy atom. The minimum Gasteiger partial charge on any atom is -0.310 e. The number of nitrogens with zero attached hydrogens (tertiary/aromatic N) is 2. The van der Waals surface area contributed by atoms with E-state index in [9.17, 15) is 0 Å². The zero-order chi connectivity index (χ0) is 69.9. The summed E-state index contributed by atoms with van der Waals surface area (Å²) in [4.78, 5) is 4.89. The molecule has 0 saturated carbocycles. The predicted octanol–water partition coefficient (Wildman–Crippen LogP) is 26.5. The van der Waals surface area contributed by atoms with Crippen LogP contribution in [0.5, 0.6) is 0 Å². The van der Waals surface area contributed by atoms with Crippen molar-refractivity contribution >= 4 is 55.7 Å². The fourth-order valence-corrected chi connectivity index (χ4v) is 18.8. The number of hydrogen-bond donors (Lipinski definition) is 0. The molecule has 0 atom stereocenters. The van der Waals surface area contributed by atoms with Gasteiger partial charge in [-0.2, -0.15) is 0 Å².